The maximum atomic E-state index is 12.4. The SMILES string of the molecule is CC(=O)N(C)Cc1ccccc1NC(=O)CNC(=O)c1ccc(N2CCCC2=O)cc1. The van der Waals surface area contributed by atoms with E-state index in [1.54, 1.807) is 53.2 Å². The first kappa shape index (κ1) is 22.0. The summed E-state index contributed by atoms with van der Waals surface area (Å²) >= 11 is 0. The molecule has 0 saturated carbocycles. The third kappa shape index (κ3) is 5.69. The molecule has 2 aromatic rings. The standard InChI is InChI=1S/C23H26N4O4/c1-16(28)26(2)15-18-6-3-4-7-20(18)25-21(29)14-24-23(31)17-9-11-19(12-10-17)27-13-5-8-22(27)30/h3-4,6-7,9-12H,5,8,13-15H2,1-2H3,(H,24,31)(H,25,29). The highest BCUT2D eigenvalue weighted by Crippen LogP contribution is 2.21. The maximum Gasteiger partial charge on any atom is 0.251 e. The average Bonchev–Trinajstić information content (AvgIpc) is 3.19. The molecule has 1 fully saturated rings. The highest BCUT2D eigenvalue weighted by Gasteiger charge is 2.21. The molecule has 1 aliphatic heterocycles. The van der Waals surface area contributed by atoms with Crippen molar-refractivity contribution in [1.29, 1.82) is 0 Å². The third-order valence-corrected chi connectivity index (χ3v) is 5.16. The molecule has 3 rings (SSSR count). The second kappa shape index (κ2) is 9.88. The van der Waals surface area contributed by atoms with Crippen LogP contribution in [0.1, 0.15) is 35.7 Å². The van der Waals surface area contributed by atoms with E-state index in [-0.39, 0.29) is 30.2 Å². The Morgan fingerprint density at radius 3 is 2.42 bits per heavy atom. The zero-order valence-electron chi connectivity index (χ0n) is 17.7. The third-order valence-electron chi connectivity index (χ3n) is 5.16. The lowest BCUT2D eigenvalue weighted by atomic mass is 10.1. The van der Waals surface area contributed by atoms with E-state index in [4.69, 9.17) is 0 Å². The summed E-state index contributed by atoms with van der Waals surface area (Å²) < 4.78 is 0. The number of hydrogen-bond acceptors (Lipinski definition) is 4. The van der Waals surface area contributed by atoms with Crippen molar-refractivity contribution in [2.75, 3.05) is 30.4 Å². The molecule has 1 aliphatic rings. The van der Waals surface area contributed by atoms with Crippen LogP contribution in [-0.2, 0) is 20.9 Å². The van der Waals surface area contributed by atoms with Crippen LogP contribution in [0.3, 0.4) is 0 Å². The van der Waals surface area contributed by atoms with Gasteiger partial charge in [0.15, 0.2) is 0 Å². The predicted octanol–water partition coefficient (Wildman–Crippen LogP) is 2.16. The summed E-state index contributed by atoms with van der Waals surface area (Å²) in [6, 6.07) is 14.0. The van der Waals surface area contributed by atoms with Crippen LogP contribution in [0.4, 0.5) is 11.4 Å². The van der Waals surface area contributed by atoms with Gasteiger partial charge in [0, 0.05) is 50.4 Å². The monoisotopic (exact) mass is 422 g/mol. The van der Waals surface area contributed by atoms with E-state index in [1.807, 2.05) is 12.1 Å². The Kier molecular flexibility index (Phi) is 7.02. The van der Waals surface area contributed by atoms with Gasteiger partial charge in [0.05, 0.1) is 6.54 Å². The normalized spacial score (nSPS) is 13.1. The summed E-state index contributed by atoms with van der Waals surface area (Å²) in [6.45, 7) is 2.34. The Morgan fingerprint density at radius 2 is 1.77 bits per heavy atom. The van der Waals surface area contributed by atoms with Crippen molar-refractivity contribution in [2.24, 2.45) is 0 Å². The second-order valence-electron chi connectivity index (χ2n) is 7.46. The molecular weight excluding hydrogens is 396 g/mol. The molecule has 0 radical (unpaired) electrons. The average molecular weight is 422 g/mol. The topological polar surface area (TPSA) is 98.8 Å². The Labute approximate surface area is 181 Å². The summed E-state index contributed by atoms with van der Waals surface area (Å²) in [5.41, 5.74) is 2.57. The second-order valence-corrected chi connectivity index (χ2v) is 7.46. The molecule has 0 bridgehead atoms. The molecule has 31 heavy (non-hydrogen) atoms. The summed E-state index contributed by atoms with van der Waals surface area (Å²) in [4.78, 5) is 51.3. The van der Waals surface area contributed by atoms with E-state index in [9.17, 15) is 19.2 Å². The Balaban J connectivity index is 1.54. The molecule has 2 aromatic carbocycles. The maximum absolute atomic E-state index is 12.4. The molecule has 2 N–H and O–H groups in total. The Hall–Kier alpha value is -3.68. The van der Waals surface area contributed by atoms with Crippen molar-refractivity contribution < 1.29 is 19.2 Å². The van der Waals surface area contributed by atoms with Crippen molar-refractivity contribution >= 4 is 35.0 Å². The van der Waals surface area contributed by atoms with Gasteiger partial charge in [0.1, 0.15) is 0 Å². The van der Waals surface area contributed by atoms with Crippen molar-refractivity contribution in [3.63, 3.8) is 0 Å². The van der Waals surface area contributed by atoms with Gasteiger partial charge in [0.25, 0.3) is 5.91 Å². The lowest BCUT2D eigenvalue weighted by molar-refractivity contribution is -0.128. The number of para-hydroxylation sites is 1. The molecule has 0 aliphatic carbocycles. The van der Waals surface area contributed by atoms with Crippen LogP contribution >= 0.6 is 0 Å². The number of benzene rings is 2. The van der Waals surface area contributed by atoms with Gasteiger partial charge in [-0.25, -0.2) is 0 Å². The molecule has 4 amide bonds. The molecule has 1 heterocycles. The fourth-order valence-corrected chi connectivity index (χ4v) is 3.32. The van der Waals surface area contributed by atoms with Crippen molar-refractivity contribution in [2.45, 2.75) is 26.3 Å². The fourth-order valence-electron chi connectivity index (χ4n) is 3.32. The summed E-state index contributed by atoms with van der Waals surface area (Å²) in [6.07, 6.45) is 1.38. The molecule has 1 saturated heterocycles. The quantitative estimate of drug-likeness (QED) is 0.714. The molecule has 8 nitrogen and oxygen atoms in total. The minimum atomic E-state index is -0.376. The fraction of sp³-hybridized carbons (Fsp3) is 0.304. The number of rotatable bonds is 7. The zero-order chi connectivity index (χ0) is 22.4. The van der Waals surface area contributed by atoms with E-state index in [2.05, 4.69) is 10.6 Å². The van der Waals surface area contributed by atoms with Crippen molar-refractivity contribution in [3.8, 4) is 0 Å². The minimum Gasteiger partial charge on any atom is -0.343 e. The van der Waals surface area contributed by atoms with Crippen molar-refractivity contribution in [3.05, 3.63) is 59.7 Å². The molecule has 0 aromatic heterocycles. The summed E-state index contributed by atoms with van der Waals surface area (Å²) in [7, 11) is 1.69. The van der Waals surface area contributed by atoms with Crippen molar-refractivity contribution in [1.82, 2.24) is 10.2 Å². The first-order valence-electron chi connectivity index (χ1n) is 10.1. The Morgan fingerprint density at radius 1 is 1.06 bits per heavy atom. The number of hydrogen-bond donors (Lipinski definition) is 2. The van der Waals surface area contributed by atoms with Crippen LogP contribution in [0.2, 0.25) is 0 Å². The first-order chi connectivity index (χ1) is 14.8. The molecule has 0 unspecified atom stereocenters. The van der Waals surface area contributed by atoms with Gasteiger partial charge in [-0.2, -0.15) is 0 Å². The van der Waals surface area contributed by atoms with Gasteiger partial charge < -0.3 is 20.4 Å². The largest absolute Gasteiger partial charge is 0.343 e. The minimum absolute atomic E-state index is 0.0755. The van der Waals surface area contributed by atoms with E-state index in [0.717, 1.165) is 17.7 Å². The lowest BCUT2D eigenvalue weighted by Gasteiger charge is -2.18. The van der Waals surface area contributed by atoms with Crippen LogP contribution in [0, 0.1) is 0 Å². The van der Waals surface area contributed by atoms with E-state index < -0.39 is 0 Å². The van der Waals surface area contributed by atoms with Gasteiger partial charge >= 0.3 is 0 Å². The zero-order valence-corrected chi connectivity index (χ0v) is 17.7. The number of anilines is 2. The number of nitrogens with one attached hydrogen (secondary N) is 2. The van der Waals surface area contributed by atoms with Gasteiger partial charge in [-0.1, -0.05) is 18.2 Å². The summed E-state index contributed by atoms with van der Waals surface area (Å²) in [5, 5.41) is 5.38. The van der Waals surface area contributed by atoms with Crippen LogP contribution in [0.15, 0.2) is 48.5 Å². The van der Waals surface area contributed by atoms with Gasteiger partial charge in [-0.15, -0.1) is 0 Å². The smallest absolute Gasteiger partial charge is 0.251 e. The number of amides is 4. The molecule has 0 spiro atoms. The van der Waals surface area contributed by atoms with Gasteiger partial charge in [0.2, 0.25) is 17.7 Å². The first-order valence-corrected chi connectivity index (χ1v) is 10.1. The number of carbonyl (C=O) groups is 4. The summed E-state index contributed by atoms with van der Waals surface area (Å²) in [5.74, 6) is -0.734. The highest BCUT2D eigenvalue weighted by molar-refractivity contribution is 6.00. The van der Waals surface area contributed by atoms with Crippen LogP contribution < -0.4 is 15.5 Å². The lowest BCUT2D eigenvalue weighted by Crippen LogP contribution is -2.33. The molecular formula is C23H26N4O4. The molecule has 8 heteroatoms. The van der Waals surface area contributed by atoms with E-state index in [0.29, 0.717) is 30.8 Å². The number of nitrogens with zero attached hydrogens (tertiary/aromatic N) is 2. The number of carbonyl (C=O) groups excluding carboxylic acids is 4. The van der Waals surface area contributed by atoms with Crippen LogP contribution in [-0.4, -0.2) is 48.7 Å². The molecule has 162 valence electrons. The highest BCUT2D eigenvalue weighted by atomic mass is 16.2. The van der Waals surface area contributed by atoms with Gasteiger partial charge in [-0.3, -0.25) is 19.2 Å². The van der Waals surface area contributed by atoms with E-state index in [1.165, 1.54) is 6.92 Å². The Bertz CT molecular complexity index is 987. The van der Waals surface area contributed by atoms with E-state index >= 15 is 0 Å². The molecule has 0 atom stereocenters. The van der Waals surface area contributed by atoms with Gasteiger partial charge in [-0.05, 0) is 42.3 Å². The van der Waals surface area contributed by atoms with Crippen LogP contribution in [0.25, 0.3) is 0 Å². The predicted molar refractivity (Wildman–Crippen MR) is 118 cm³/mol. The van der Waals surface area contributed by atoms with Crippen LogP contribution in [0.5, 0.6) is 0 Å².